The number of rotatable bonds is 1. The molecule has 4 nitrogen and oxygen atoms in total. The molecule has 20 heavy (non-hydrogen) atoms. The van der Waals surface area contributed by atoms with Gasteiger partial charge in [-0.05, 0) is 49.8 Å². The third kappa shape index (κ3) is 1.66. The lowest BCUT2D eigenvalue weighted by atomic mass is 9.97. The van der Waals surface area contributed by atoms with Crippen molar-refractivity contribution in [2.24, 2.45) is 0 Å². The first-order valence-corrected chi connectivity index (χ1v) is 7.68. The van der Waals surface area contributed by atoms with Crippen LogP contribution < -0.4 is 5.73 Å². The summed E-state index contributed by atoms with van der Waals surface area (Å²) < 4.78 is 5.48. The van der Waals surface area contributed by atoms with Gasteiger partial charge in [-0.1, -0.05) is 0 Å². The van der Waals surface area contributed by atoms with Crippen molar-refractivity contribution in [1.29, 1.82) is 0 Å². The molecule has 0 amide bonds. The number of nitrogens with zero attached hydrogens (tertiary/aromatic N) is 2. The van der Waals surface area contributed by atoms with Crippen LogP contribution in [-0.2, 0) is 12.8 Å². The molecule has 4 rings (SSSR count). The average molecular weight is 285 g/mol. The van der Waals surface area contributed by atoms with Crippen molar-refractivity contribution >= 4 is 27.4 Å². The third-order valence-corrected chi connectivity index (χ3v) is 5.09. The van der Waals surface area contributed by atoms with Crippen molar-refractivity contribution in [3.63, 3.8) is 0 Å². The summed E-state index contributed by atoms with van der Waals surface area (Å²) in [4.78, 5) is 11.6. The summed E-state index contributed by atoms with van der Waals surface area (Å²) in [7, 11) is 0. The van der Waals surface area contributed by atoms with Gasteiger partial charge in [0.25, 0.3) is 0 Å². The molecule has 1 aliphatic carbocycles. The molecule has 0 aliphatic heterocycles. The highest BCUT2D eigenvalue weighted by Gasteiger charge is 2.21. The predicted octanol–water partition coefficient (Wildman–Crippen LogP) is 3.72. The first-order chi connectivity index (χ1) is 9.74. The molecule has 2 N–H and O–H groups in total. The monoisotopic (exact) mass is 285 g/mol. The molecular formula is C15H15N3OS. The molecule has 3 heterocycles. The second-order valence-corrected chi connectivity index (χ2v) is 6.34. The van der Waals surface area contributed by atoms with Crippen LogP contribution in [0.15, 0.2) is 16.7 Å². The van der Waals surface area contributed by atoms with Gasteiger partial charge in [-0.15, -0.1) is 11.3 Å². The standard InChI is InChI=1S/C15H15N3OS/c1-8-6-7-19-12(8)14-17-13(16)11-9-4-2-3-5-10(9)20-15(11)18-14/h6-7H,2-5H2,1H3,(H2,16,17,18). The number of fused-ring (bicyclic) bond motifs is 3. The van der Waals surface area contributed by atoms with Gasteiger partial charge >= 0.3 is 0 Å². The Labute approximate surface area is 120 Å². The van der Waals surface area contributed by atoms with Crippen LogP contribution in [0.4, 0.5) is 5.82 Å². The van der Waals surface area contributed by atoms with Crippen molar-refractivity contribution in [2.75, 3.05) is 5.73 Å². The zero-order valence-corrected chi connectivity index (χ0v) is 12.1. The van der Waals surface area contributed by atoms with E-state index in [1.807, 2.05) is 13.0 Å². The smallest absolute Gasteiger partial charge is 0.199 e. The van der Waals surface area contributed by atoms with E-state index in [-0.39, 0.29) is 0 Å². The maximum absolute atomic E-state index is 6.20. The van der Waals surface area contributed by atoms with Crippen LogP contribution in [0.25, 0.3) is 21.8 Å². The molecule has 0 spiro atoms. The first kappa shape index (κ1) is 11.9. The molecule has 102 valence electrons. The van der Waals surface area contributed by atoms with Crippen molar-refractivity contribution in [2.45, 2.75) is 32.6 Å². The highest BCUT2D eigenvalue weighted by Crippen LogP contribution is 2.38. The maximum Gasteiger partial charge on any atom is 0.199 e. The Kier molecular flexibility index (Phi) is 2.57. The maximum atomic E-state index is 6.20. The van der Waals surface area contributed by atoms with Crippen LogP contribution in [-0.4, -0.2) is 9.97 Å². The quantitative estimate of drug-likeness (QED) is 0.740. The largest absolute Gasteiger partial charge is 0.461 e. The van der Waals surface area contributed by atoms with E-state index in [0.717, 1.165) is 28.6 Å². The molecule has 0 radical (unpaired) electrons. The molecule has 1 aliphatic rings. The van der Waals surface area contributed by atoms with Crippen LogP contribution in [0.3, 0.4) is 0 Å². The van der Waals surface area contributed by atoms with Gasteiger partial charge < -0.3 is 10.2 Å². The summed E-state index contributed by atoms with van der Waals surface area (Å²) >= 11 is 1.76. The molecule has 5 heteroatoms. The molecule has 3 aromatic rings. The van der Waals surface area contributed by atoms with E-state index in [4.69, 9.17) is 10.2 Å². The summed E-state index contributed by atoms with van der Waals surface area (Å²) in [6.07, 6.45) is 6.40. The lowest BCUT2D eigenvalue weighted by Gasteiger charge is -2.10. The molecule has 0 unspecified atom stereocenters. The first-order valence-electron chi connectivity index (χ1n) is 6.86. The Hall–Kier alpha value is -1.88. The molecule has 0 saturated carbocycles. The van der Waals surface area contributed by atoms with Crippen molar-refractivity contribution in [1.82, 2.24) is 9.97 Å². The van der Waals surface area contributed by atoms with E-state index in [0.29, 0.717) is 17.4 Å². The topological polar surface area (TPSA) is 64.9 Å². The normalized spacial score (nSPS) is 14.7. The SMILES string of the molecule is Cc1ccoc1-c1nc(N)c2c3c(sc2n1)CCCC3. The van der Waals surface area contributed by atoms with Crippen LogP contribution in [0.5, 0.6) is 0 Å². The number of hydrogen-bond donors (Lipinski definition) is 1. The van der Waals surface area contributed by atoms with Gasteiger partial charge in [0.1, 0.15) is 10.6 Å². The van der Waals surface area contributed by atoms with E-state index < -0.39 is 0 Å². The fourth-order valence-corrected chi connectivity index (χ4v) is 4.16. The number of aryl methyl sites for hydroxylation is 3. The van der Waals surface area contributed by atoms with Crippen molar-refractivity contribution in [3.8, 4) is 11.6 Å². The number of nitrogens with two attached hydrogens (primary N) is 1. The van der Waals surface area contributed by atoms with Crippen LogP contribution >= 0.6 is 11.3 Å². The van der Waals surface area contributed by atoms with Gasteiger partial charge in [-0.3, -0.25) is 0 Å². The second kappa shape index (κ2) is 4.31. The summed E-state index contributed by atoms with van der Waals surface area (Å²) in [6, 6.07) is 1.92. The lowest BCUT2D eigenvalue weighted by molar-refractivity contribution is 0.576. The second-order valence-electron chi connectivity index (χ2n) is 5.26. The molecule has 0 bridgehead atoms. The summed E-state index contributed by atoms with van der Waals surface area (Å²) in [5, 5.41) is 1.07. The minimum atomic E-state index is 0.584. The fraction of sp³-hybridized carbons (Fsp3) is 0.333. The molecule has 0 fully saturated rings. The Morgan fingerprint density at radius 1 is 1.25 bits per heavy atom. The van der Waals surface area contributed by atoms with E-state index in [1.165, 1.54) is 23.3 Å². The Bertz CT molecular complexity index is 803. The highest BCUT2D eigenvalue weighted by atomic mass is 32.1. The zero-order valence-electron chi connectivity index (χ0n) is 11.3. The number of hydrogen-bond acceptors (Lipinski definition) is 5. The van der Waals surface area contributed by atoms with E-state index in [2.05, 4.69) is 9.97 Å². The van der Waals surface area contributed by atoms with Crippen molar-refractivity contribution in [3.05, 3.63) is 28.3 Å². The minimum Gasteiger partial charge on any atom is -0.461 e. The van der Waals surface area contributed by atoms with E-state index in [1.54, 1.807) is 17.6 Å². The summed E-state index contributed by atoms with van der Waals surface area (Å²) in [6.45, 7) is 1.99. The van der Waals surface area contributed by atoms with Crippen LogP contribution in [0, 0.1) is 6.92 Å². The van der Waals surface area contributed by atoms with E-state index >= 15 is 0 Å². The van der Waals surface area contributed by atoms with Gasteiger partial charge in [0, 0.05) is 4.88 Å². The number of thiophene rings is 1. The molecule has 3 aromatic heterocycles. The van der Waals surface area contributed by atoms with Gasteiger partial charge in [0.15, 0.2) is 11.6 Å². The Morgan fingerprint density at radius 2 is 2.10 bits per heavy atom. The van der Waals surface area contributed by atoms with Gasteiger partial charge in [0.05, 0.1) is 11.6 Å². The fourth-order valence-electron chi connectivity index (χ4n) is 2.89. The van der Waals surface area contributed by atoms with Crippen LogP contribution in [0.1, 0.15) is 28.8 Å². The summed E-state index contributed by atoms with van der Waals surface area (Å²) in [5.74, 6) is 1.89. The van der Waals surface area contributed by atoms with Crippen molar-refractivity contribution < 1.29 is 4.42 Å². The average Bonchev–Trinajstić information content (AvgIpc) is 3.01. The van der Waals surface area contributed by atoms with Gasteiger partial charge in [-0.25, -0.2) is 9.97 Å². The number of nitrogen functional groups attached to an aromatic ring is 1. The Morgan fingerprint density at radius 3 is 2.90 bits per heavy atom. The molecule has 0 aromatic carbocycles. The third-order valence-electron chi connectivity index (χ3n) is 3.91. The Balaban J connectivity index is 1.97. The lowest BCUT2D eigenvalue weighted by Crippen LogP contribution is -2.01. The van der Waals surface area contributed by atoms with Gasteiger partial charge in [0.2, 0.25) is 0 Å². The molecular weight excluding hydrogens is 270 g/mol. The van der Waals surface area contributed by atoms with E-state index in [9.17, 15) is 0 Å². The zero-order chi connectivity index (χ0) is 13.7. The number of aromatic nitrogens is 2. The highest BCUT2D eigenvalue weighted by molar-refractivity contribution is 7.19. The van der Waals surface area contributed by atoms with Crippen LogP contribution in [0.2, 0.25) is 0 Å². The molecule has 0 saturated heterocycles. The van der Waals surface area contributed by atoms with Gasteiger partial charge in [-0.2, -0.15) is 0 Å². The minimum absolute atomic E-state index is 0.584. The summed E-state index contributed by atoms with van der Waals surface area (Å²) in [5.41, 5.74) is 8.60. The predicted molar refractivity (Wildman–Crippen MR) is 80.9 cm³/mol. The number of furan rings is 1. The number of anilines is 1. The molecule has 0 atom stereocenters.